The third-order valence-corrected chi connectivity index (χ3v) is 4.58. The van der Waals surface area contributed by atoms with Gasteiger partial charge in [-0.3, -0.25) is 0 Å². The molecular formula is C17H27N. The van der Waals surface area contributed by atoms with E-state index in [9.17, 15) is 0 Å². The molecule has 2 atom stereocenters. The fourth-order valence-electron chi connectivity index (χ4n) is 2.79. The summed E-state index contributed by atoms with van der Waals surface area (Å²) in [6.45, 7) is 13.5. The van der Waals surface area contributed by atoms with E-state index in [1.165, 1.54) is 28.7 Å². The molecule has 0 spiro atoms. The number of hydrogen-bond donors (Lipinski definition) is 1. The molecule has 1 aromatic carbocycles. The molecule has 1 aliphatic rings. The first-order chi connectivity index (χ1) is 8.13. The minimum Gasteiger partial charge on any atom is -0.325 e. The molecule has 0 aromatic heterocycles. The van der Waals surface area contributed by atoms with Gasteiger partial charge in [-0.05, 0) is 60.3 Å². The number of aryl methyl sites for hydroxylation is 2. The Morgan fingerprint density at radius 2 is 1.67 bits per heavy atom. The van der Waals surface area contributed by atoms with Gasteiger partial charge < -0.3 is 5.73 Å². The first-order valence-corrected chi connectivity index (χ1v) is 7.03. The molecule has 2 rings (SSSR count). The Hall–Kier alpha value is -0.820. The first kappa shape index (κ1) is 13.6. The Balaban J connectivity index is 2.33. The molecule has 0 saturated heterocycles. The molecular weight excluding hydrogens is 218 g/mol. The molecule has 0 aliphatic heterocycles. The van der Waals surface area contributed by atoms with E-state index in [0.29, 0.717) is 5.92 Å². The van der Waals surface area contributed by atoms with Crippen molar-refractivity contribution in [2.75, 3.05) is 0 Å². The van der Waals surface area contributed by atoms with Crippen LogP contribution >= 0.6 is 0 Å². The van der Waals surface area contributed by atoms with E-state index >= 15 is 0 Å². The lowest BCUT2D eigenvalue weighted by Crippen LogP contribution is -2.28. The van der Waals surface area contributed by atoms with Crippen LogP contribution < -0.4 is 5.73 Å². The monoisotopic (exact) mass is 245 g/mol. The largest absolute Gasteiger partial charge is 0.325 e. The summed E-state index contributed by atoms with van der Waals surface area (Å²) in [5.74, 6) is 0.679. The molecule has 1 fully saturated rings. The van der Waals surface area contributed by atoms with Crippen LogP contribution in [0.15, 0.2) is 12.1 Å². The molecule has 2 N–H and O–H groups in total. The van der Waals surface area contributed by atoms with Crippen LogP contribution in [-0.4, -0.2) is 5.54 Å². The zero-order valence-electron chi connectivity index (χ0n) is 12.7. The molecule has 1 nitrogen and oxygen atoms in total. The zero-order valence-corrected chi connectivity index (χ0v) is 12.7. The van der Waals surface area contributed by atoms with E-state index in [1.807, 2.05) is 0 Å². The Labute approximate surface area is 112 Å². The van der Waals surface area contributed by atoms with Crippen molar-refractivity contribution >= 4 is 0 Å². The summed E-state index contributed by atoms with van der Waals surface area (Å²) in [5, 5.41) is 0. The summed E-state index contributed by atoms with van der Waals surface area (Å²) in [5.41, 5.74) is 12.4. The van der Waals surface area contributed by atoms with Crippen LogP contribution in [0.4, 0.5) is 0 Å². The summed E-state index contributed by atoms with van der Waals surface area (Å²) >= 11 is 0. The topological polar surface area (TPSA) is 26.0 Å². The minimum atomic E-state index is 0.0682. The number of hydrogen-bond acceptors (Lipinski definition) is 1. The summed E-state index contributed by atoms with van der Waals surface area (Å²) in [7, 11) is 0. The van der Waals surface area contributed by atoms with E-state index in [4.69, 9.17) is 5.73 Å². The van der Waals surface area contributed by atoms with Crippen molar-refractivity contribution < 1.29 is 0 Å². The SMILES string of the molecule is Cc1cc(C(C)(C)C)cc(C)c1CC1(N)CC1C. The van der Waals surface area contributed by atoms with Crippen LogP contribution in [0, 0.1) is 19.8 Å². The smallest absolute Gasteiger partial charge is 0.0225 e. The van der Waals surface area contributed by atoms with Crippen molar-refractivity contribution in [3.05, 3.63) is 34.4 Å². The number of nitrogens with two attached hydrogens (primary N) is 1. The fourth-order valence-corrected chi connectivity index (χ4v) is 2.79. The summed E-state index contributed by atoms with van der Waals surface area (Å²) in [6.07, 6.45) is 2.21. The van der Waals surface area contributed by atoms with E-state index < -0.39 is 0 Å². The molecule has 1 heteroatoms. The number of benzene rings is 1. The van der Waals surface area contributed by atoms with Gasteiger partial charge >= 0.3 is 0 Å². The average molecular weight is 245 g/mol. The molecule has 0 bridgehead atoms. The Morgan fingerprint density at radius 3 is 2.00 bits per heavy atom. The van der Waals surface area contributed by atoms with Crippen molar-refractivity contribution in [2.24, 2.45) is 11.7 Å². The average Bonchev–Trinajstić information content (AvgIpc) is 2.79. The third-order valence-electron chi connectivity index (χ3n) is 4.58. The Morgan fingerprint density at radius 1 is 1.22 bits per heavy atom. The minimum absolute atomic E-state index is 0.0682. The maximum Gasteiger partial charge on any atom is 0.0225 e. The molecule has 100 valence electrons. The Kier molecular flexibility index (Phi) is 3.09. The first-order valence-electron chi connectivity index (χ1n) is 7.03. The van der Waals surface area contributed by atoms with Crippen molar-refractivity contribution in [3.63, 3.8) is 0 Å². The van der Waals surface area contributed by atoms with E-state index in [-0.39, 0.29) is 11.0 Å². The number of rotatable bonds is 2. The predicted molar refractivity (Wildman–Crippen MR) is 79.0 cm³/mol. The fraction of sp³-hybridized carbons (Fsp3) is 0.647. The van der Waals surface area contributed by atoms with Gasteiger partial charge in [-0.2, -0.15) is 0 Å². The van der Waals surface area contributed by atoms with Gasteiger partial charge in [-0.1, -0.05) is 39.8 Å². The normalized spacial score (nSPS) is 27.4. The molecule has 1 aliphatic carbocycles. The third kappa shape index (κ3) is 2.47. The molecule has 0 radical (unpaired) electrons. The van der Waals surface area contributed by atoms with Crippen molar-refractivity contribution in [2.45, 2.75) is 65.3 Å². The zero-order chi connectivity index (χ0) is 13.7. The van der Waals surface area contributed by atoms with Crippen LogP contribution in [0.25, 0.3) is 0 Å². The summed E-state index contributed by atoms with van der Waals surface area (Å²) in [6, 6.07) is 4.69. The second-order valence-electron chi connectivity index (χ2n) is 7.35. The highest BCUT2D eigenvalue weighted by Gasteiger charge is 2.47. The van der Waals surface area contributed by atoms with Gasteiger partial charge in [0, 0.05) is 5.54 Å². The van der Waals surface area contributed by atoms with Gasteiger partial charge in [-0.25, -0.2) is 0 Å². The van der Waals surface area contributed by atoms with Crippen LogP contribution in [0.2, 0.25) is 0 Å². The van der Waals surface area contributed by atoms with Crippen LogP contribution in [0.5, 0.6) is 0 Å². The van der Waals surface area contributed by atoms with Crippen molar-refractivity contribution in [3.8, 4) is 0 Å². The highest BCUT2D eigenvalue weighted by Crippen LogP contribution is 2.44. The van der Waals surface area contributed by atoms with Crippen molar-refractivity contribution in [1.82, 2.24) is 0 Å². The van der Waals surface area contributed by atoms with E-state index in [2.05, 4.69) is 53.7 Å². The highest BCUT2D eigenvalue weighted by atomic mass is 14.8. The summed E-state index contributed by atoms with van der Waals surface area (Å²) < 4.78 is 0. The maximum atomic E-state index is 6.38. The van der Waals surface area contributed by atoms with Gasteiger partial charge in [0.05, 0.1) is 0 Å². The second-order valence-corrected chi connectivity index (χ2v) is 7.35. The van der Waals surface area contributed by atoms with Gasteiger partial charge in [0.15, 0.2) is 0 Å². The van der Waals surface area contributed by atoms with E-state index in [0.717, 1.165) is 6.42 Å². The molecule has 18 heavy (non-hydrogen) atoms. The quantitative estimate of drug-likeness (QED) is 0.840. The van der Waals surface area contributed by atoms with Gasteiger partial charge in [0.25, 0.3) is 0 Å². The predicted octanol–water partition coefficient (Wildman–Crippen LogP) is 3.88. The molecule has 0 heterocycles. The van der Waals surface area contributed by atoms with Crippen LogP contribution in [0.1, 0.15) is 56.4 Å². The van der Waals surface area contributed by atoms with Crippen LogP contribution in [-0.2, 0) is 11.8 Å². The summed E-state index contributed by atoms with van der Waals surface area (Å²) in [4.78, 5) is 0. The molecule has 2 unspecified atom stereocenters. The van der Waals surface area contributed by atoms with Gasteiger partial charge in [0.2, 0.25) is 0 Å². The van der Waals surface area contributed by atoms with Gasteiger partial charge in [0.1, 0.15) is 0 Å². The second kappa shape index (κ2) is 4.09. The lowest BCUT2D eigenvalue weighted by Gasteiger charge is -2.23. The Bertz CT molecular complexity index is 444. The lowest BCUT2D eigenvalue weighted by molar-refractivity contribution is 0.585. The molecule has 0 amide bonds. The van der Waals surface area contributed by atoms with Crippen LogP contribution in [0.3, 0.4) is 0 Å². The lowest BCUT2D eigenvalue weighted by atomic mass is 9.82. The molecule has 1 saturated carbocycles. The maximum absolute atomic E-state index is 6.38. The van der Waals surface area contributed by atoms with Gasteiger partial charge in [-0.15, -0.1) is 0 Å². The van der Waals surface area contributed by atoms with Crippen molar-refractivity contribution in [1.29, 1.82) is 0 Å². The van der Waals surface area contributed by atoms with E-state index in [1.54, 1.807) is 0 Å². The standard InChI is InChI=1S/C17H27N/c1-11-7-14(16(4,5)6)8-12(2)15(11)10-17(18)9-13(17)3/h7-8,13H,9-10,18H2,1-6H3. The molecule has 1 aromatic rings. The highest BCUT2D eigenvalue weighted by molar-refractivity contribution is 5.42.